The maximum atomic E-state index is 12.2. The van der Waals surface area contributed by atoms with E-state index in [1.165, 1.54) is 6.33 Å². The first-order valence-corrected chi connectivity index (χ1v) is 8.93. The van der Waals surface area contributed by atoms with Gasteiger partial charge in [0.05, 0.1) is 11.8 Å². The van der Waals surface area contributed by atoms with Gasteiger partial charge in [-0.25, -0.2) is 9.97 Å². The number of nitrogens with one attached hydrogen (secondary N) is 1. The van der Waals surface area contributed by atoms with Gasteiger partial charge in [0.25, 0.3) is 0 Å². The molecule has 1 aliphatic rings. The lowest BCUT2D eigenvalue weighted by molar-refractivity contribution is -0.143. The largest absolute Gasteiger partial charge is 0.389 e. The van der Waals surface area contributed by atoms with Crippen LogP contribution in [0.1, 0.15) is 44.9 Å². The topological polar surface area (TPSA) is 61.9 Å². The third kappa shape index (κ3) is 4.53. The zero-order valence-electron chi connectivity index (χ0n) is 14.7. The van der Waals surface area contributed by atoms with Gasteiger partial charge in [-0.2, -0.15) is 13.2 Å². The Morgan fingerprint density at radius 3 is 2.69 bits per heavy atom. The summed E-state index contributed by atoms with van der Waals surface area (Å²) in [5, 5.41) is 0.972. The van der Waals surface area contributed by atoms with Crippen LogP contribution in [0.3, 0.4) is 0 Å². The lowest BCUT2D eigenvalue weighted by atomic mass is 9.82. The second-order valence-electron chi connectivity index (χ2n) is 7.08. The van der Waals surface area contributed by atoms with Crippen molar-refractivity contribution in [3.63, 3.8) is 0 Å². The number of ketones is 1. The molecule has 0 saturated heterocycles. The van der Waals surface area contributed by atoms with Gasteiger partial charge in [-0.1, -0.05) is 0 Å². The second-order valence-corrected chi connectivity index (χ2v) is 7.08. The van der Waals surface area contributed by atoms with Crippen molar-refractivity contribution in [1.82, 2.24) is 15.0 Å². The molecule has 1 saturated carbocycles. The molecule has 0 aliphatic heterocycles. The predicted octanol–water partition coefficient (Wildman–Crippen LogP) is 4.25. The van der Waals surface area contributed by atoms with Gasteiger partial charge in [0.1, 0.15) is 23.6 Å². The monoisotopic (exact) mass is 368 g/mol. The van der Waals surface area contributed by atoms with Crippen LogP contribution in [0.5, 0.6) is 0 Å². The molecule has 3 rings (SSSR count). The minimum atomic E-state index is -4.25. The van der Waals surface area contributed by atoms with Gasteiger partial charge in [-0.15, -0.1) is 0 Å². The van der Waals surface area contributed by atoms with Crippen LogP contribution in [-0.2, 0) is 4.79 Å². The summed E-state index contributed by atoms with van der Waals surface area (Å²) in [5.41, 5.74) is 0.797. The molecule has 0 spiro atoms. The number of carbonyl (C=O) groups excluding carboxylic acids is 1. The molecule has 5 nitrogen and oxygen atoms in total. The molecule has 0 radical (unpaired) electrons. The molecule has 2 aromatic heterocycles. The van der Waals surface area contributed by atoms with Gasteiger partial charge in [0, 0.05) is 32.1 Å². The zero-order valence-corrected chi connectivity index (χ0v) is 14.7. The molecule has 26 heavy (non-hydrogen) atoms. The molecule has 0 atom stereocenters. The van der Waals surface area contributed by atoms with Gasteiger partial charge in [-0.05, 0) is 37.7 Å². The van der Waals surface area contributed by atoms with Gasteiger partial charge in [-0.3, -0.25) is 4.79 Å². The number of alkyl halides is 3. The van der Waals surface area contributed by atoms with Crippen LogP contribution in [0.25, 0.3) is 11.0 Å². The van der Waals surface area contributed by atoms with Gasteiger partial charge in [0.2, 0.25) is 0 Å². The number of anilines is 1. The SMILES string of the molecule is CN(c1ncnc2[nH]ccc12)C1CCC(CC(=O)CCC(F)(F)F)CC1. The summed E-state index contributed by atoms with van der Waals surface area (Å²) in [6.07, 6.45) is 1.50. The normalized spacial score (nSPS) is 21.1. The lowest BCUT2D eigenvalue weighted by Crippen LogP contribution is -2.36. The Bertz CT molecular complexity index is 750. The molecule has 1 N–H and O–H groups in total. The van der Waals surface area contributed by atoms with E-state index in [0.29, 0.717) is 6.04 Å². The van der Waals surface area contributed by atoms with E-state index >= 15 is 0 Å². The van der Waals surface area contributed by atoms with Crippen LogP contribution in [0.15, 0.2) is 18.6 Å². The van der Waals surface area contributed by atoms with E-state index in [1.807, 2.05) is 19.3 Å². The average Bonchev–Trinajstić information content (AvgIpc) is 3.08. The molecule has 0 amide bonds. The van der Waals surface area contributed by atoms with E-state index in [1.54, 1.807) is 0 Å². The number of nitrogens with zero attached hydrogens (tertiary/aromatic N) is 3. The highest BCUT2D eigenvalue weighted by molar-refractivity contribution is 5.87. The predicted molar refractivity (Wildman–Crippen MR) is 93.0 cm³/mol. The third-order valence-electron chi connectivity index (χ3n) is 5.23. The maximum Gasteiger partial charge on any atom is 0.389 e. The van der Waals surface area contributed by atoms with Crippen LogP contribution in [0, 0.1) is 5.92 Å². The van der Waals surface area contributed by atoms with E-state index in [-0.39, 0.29) is 18.1 Å². The quantitative estimate of drug-likeness (QED) is 0.828. The van der Waals surface area contributed by atoms with Crippen LogP contribution >= 0.6 is 0 Å². The molecule has 2 heterocycles. The lowest BCUT2D eigenvalue weighted by Gasteiger charge is -2.35. The Morgan fingerprint density at radius 1 is 1.27 bits per heavy atom. The summed E-state index contributed by atoms with van der Waals surface area (Å²) in [6, 6.07) is 2.26. The zero-order chi connectivity index (χ0) is 18.7. The summed E-state index contributed by atoms with van der Waals surface area (Å²) >= 11 is 0. The summed E-state index contributed by atoms with van der Waals surface area (Å²) in [7, 11) is 2.01. The molecular formula is C18H23F3N4O. The standard InChI is InChI=1S/C18H23F3N4O/c1-25(17-15-7-9-22-16(15)23-11-24-17)13-4-2-12(3-5-13)10-14(26)6-8-18(19,20)21/h7,9,11-13H,2-6,8,10H2,1H3,(H,22,23,24). The average molecular weight is 368 g/mol. The van der Waals surface area contributed by atoms with Crippen molar-refractivity contribution >= 4 is 22.6 Å². The number of rotatable bonds is 6. The number of hydrogen-bond donors (Lipinski definition) is 1. The van der Waals surface area contributed by atoms with Crippen molar-refractivity contribution in [2.24, 2.45) is 5.92 Å². The van der Waals surface area contributed by atoms with Crippen LogP contribution in [0.2, 0.25) is 0 Å². The van der Waals surface area contributed by atoms with Gasteiger partial charge >= 0.3 is 6.18 Å². The Hall–Kier alpha value is -2.12. The van der Waals surface area contributed by atoms with Gasteiger partial charge in [0.15, 0.2) is 0 Å². The first kappa shape index (κ1) is 18.7. The van der Waals surface area contributed by atoms with Crippen molar-refractivity contribution in [2.45, 2.75) is 57.2 Å². The van der Waals surface area contributed by atoms with E-state index < -0.39 is 19.0 Å². The number of H-pyrrole nitrogens is 1. The molecular weight excluding hydrogens is 345 g/mol. The number of aromatic nitrogens is 3. The Kier molecular flexibility index (Phi) is 5.48. The van der Waals surface area contributed by atoms with Crippen molar-refractivity contribution in [3.05, 3.63) is 18.6 Å². The minimum absolute atomic E-state index is 0.193. The second kappa shape index (κ2) is 7.63. The van der Waals surface area contributed by atoms with E-state index in [2.05, 4.69) is 19.9 Å². The highest BCUT2D eigenvalue weighted by Gasteiger charge is 2.30. The molecule has 0 bridgehead atoms. The third-order valence-corrected chi connectivity index (χ3v) is 5.23. The number of carbonyl (C=O) groups is 1. The van der Waals surface area contributed by atoms with Crippen molar-refractivity contribution in [2.75, 3.05) is 11.9 Å². The summed E-state index contributed by atoms with van der Waals surface area (Å²) < 4.78 is 36.6. The molecule has 2 aromatic rings. The number of hydrogen-bond acceptors (Lipinski definition) is 4. The fourth-order valence-corrected chi connectivity index (χ4v) is 3.75. The maximum absolute atomic E-state index is 12.2. The molecule has 0 aromatic carbocycles. The highest BCUT2D eigenvalue weighted by atomic mass is 19.4. The molecule has 142 valence electrons. The van der Waals surface area contributed by atoms with Crippen LogP contribution in [0.4, 0.5) is 19.0 Å². The fraction of sp³-hybridized carbons (Fsp3) is 0.611. The molecule has 1 fully saturated rings. The van der Waals surface area contributed by atoms with Crippen LogP contribution in [-0.4, -0.2) is 40.0 Å². The Labute approximate surface area is 150 Å². The molecule has 8 heteroatoms. The number of fused-ring (bicyclic) bond motifs is 1. The Morgan fingerprint density at radius 2 is 2.00 bits per heavy atom. The van der Waals surface area contributed by atoms with E-state index in [9.17, 15) is 18.0 Å². The summed E-state index contributed by atoms with van der Waals surface area (Å²) in [4.78, 5) is 25.6. The number of Topliss-reactive ketones (excluding diaryl/α,β-unsaturated/α-hetero) is 1. The highest BCUT2D eigenvalue weighted by Crippen LogP contribution is 2.33. The summed E-state index contributed by atoms with van der Waals surface area (Å²) in [6.45, 7) is 0. The number of halogens is 3. The first-order valence-electron chi connectivity index (χ1n) is 8.93. The van der Waals surface area contributed by atoms with Gasteiger partial charge < -0.3 is 9.88 Å². The Balaban J connectivity index is 1.52. The van der Waals surface area contributed by atoms with Crippen molar-refractivity contribution in [3.8, 4) is 0 Å². The smallest absolute Gasteiger partial charge is 0.356 e. The summed E-state index contributed by atoms with van der Waals surface area (Å²) in [5.74, 6) is 0.794. The van der Waals surface area contributed by atoms with E-state index in [0.717, 1.165) is 42.5 Å². The van der Waals surface area contributed by atoms with Crippen molar-refractivity contribution < 1.29 is 18.0 Å². The van der Waals surface area contributed by atoms with Crippen LogP contribution < -0.4 is 4.90 Å². The molecule has 0 unspecified atom stereocenters. The van der Waals surface area contributed by atoms with E-state index in [4.69, 9.17) is 0 Å². The number of aromatic amines is 1. The minimum Gasteiger partial charge on any atom is -0.356 e. The fourth-order valence-electron chi connectivity index (χ4n) is 3.75. The first-order chi connectivity index (χ1) is 12.3. The van der Waals surface area contributed by atoms with Crippen molar-refractivity contribution in [1.29, 1.82) is 0 Å². The molecule has 1 aliphatic carbocycles.